The molecule has 0 fully saturated rings. The van der Waals surface area contributed by atoms with E-state index in [1.165, 1.54) is 6.07 Å². The fourth-order valence-electron chi connectivity index (χ4n) is 1.04. The molecule has 15 heavy (non-hydrogen) atoms. The van der Waals surface area contributed by atoms with Crippen molar-refractivity contribution in [2.75, 3.05) is 0 Å². The number of nitrogens with zero attached hydrogens (tertiary/aromatic N) is 2. The van der Waals surface area contributed by atoms with Crippen molar-refractivity contribution in [3.8, 4) is 11.4 Å². The molecule has 6 heteroatoms. The third kappa shape index (κ3) is 1.74. The average molecular weight is 210 g/mol. The molecule has 0 spiro atoms. The highest BCUT2D eigenvalue weighted by atomic mass is 19.2. The van der Waals surface area contributed by atoms with Crippen molar-refractivity contribution in [1.29, 1.82) is 0 Å². The minimum absolute atomic E-state index is 0.0380. The number of hydrogen-bond donors (Lipinski definition) is 0. The van der Waals surface area contributed by atoms with Crippen LogP contribution < -0.4 is 0 Å². The van der Waals surface area contributed by atoms with Crippen molar-refractivity contribution in [2.45, 2.75) is 0 Å². The lowest BCUT2D eigenvalue weighted by Crippen LogP contribution is -1.87. The van der Waals surface area contributed by atoms with Gasteiger partial charge in [0, 0.05) is 5.56 Å². The standard InChI is InChI=1S/C9H4F2N2O2/c10-6-2-1-5(3-7(6)11)9-12-8(4-14)15-13-9/h1-4H. The highest BCUT2D eigenvalue weighted by Crippen LogP contribution is 2.18. The summed E-state index contributed by atoms with van der Waals surface area (Å²) >= 11 is 0. The second-order valence-electron chi connectivity index (χ2n) is 2.70. The van der Waals surface area contributed by atoms with Crippen LogP contribution in [0.5, 0.6) is 0 Å². The summed E-state index contributed by atoms with van der Waals surface area (Å²) in [5, 5.41) is 3.42. The Balaban J connectivity index is 2.44. The van der Waals surface area contributed by atoms with Gasteiger partial charge in [0.1, 0.15) is 0 Å². The first-order valence-electron chi connectivity index (χ1n) is 3.95. The number of rotatable bonds is 2. The minimum Gasteiger partial charge on any atom is -0.331 e. The summed E-state index contributed by atoms with van der Waals surface area (Å²) in [4.78, 5) is 13.9. The van der Waals surface area contributed by atoms with Crippen LogP contribution in [-0.2, 0) is 0 Å². The maximum Gasteiger partial charge on any atom is 0.291 e. The summed E-state index contributed by atoms with van der Waals surface area (Å²) < 4.78 is 29.9. The van der Waals surface area contributed by atoms with E-state index in [-0.39, 0.29) is 17.3 Å². The Hall–Kier alpha value is -2.11. The van der Waals surface area contributed by atoms with Gasteiger partial charge in [-0.15, -0.1) is 0 Å². The average Bonchev–Trinajstić information content (AvgIpc) is 2.70. The van der Waals surface area contributed by atoms with Crippen LogP contribution in [0.1, 0.15) is 10.7 Å². The van der Waals surface area contributed by atoms with Crippen LogP contribution in [0.4, 0.5) is 8.78 Å². The zero-order valence-corrected chi connectivity index (χ0v) is 7.28. The molecule has 0 aliphatic carbocycles. The van der Waals surface area contributed by atoms with Gasteiger partial charge in [0.25, 0.3) is 5.89 Å². The molecule has 1 aromatic heterocycles. The van der Waals surface area contributed by atoms with E-state index in [2.05, 4.69) is 14.7 Å². The first kappa shape index (κ1) is 9.45. The number of aldehydes is 1. The van der Waals surface area contributed by atoms with E-state index < -0.39 is 11.6 Å². The maximum atomic E-state index is 12.8. The Kier molecular flexibility index (Phi) is 2.24. The van der Waals surface area contributed by atoms with Gasteiger partial charge in [-0.05, 0) is 18.2 Å². The normalized spacial score (nSPS) is 10.3. The molecule has 1 aromatic carbocycles. The smallest absolute Gasteiger partial charge is 0.291 e. The van der Waals surface area contributed by atoms with E-state index in [1.54, 1.807) is 0 Å². The Morgan fingerprint density at radius 2 is 2.07 bits per heavy atom. The fraction of sp³-hybridized carbons (Fsp3) is 0. The van der Waals surface area contributed by atoms with Gasteiger partial charge in [0.2, 0.25) is 12.1 Å². The number of aromatic nitrogens is 2. The highest BCUT2D eigenvalue weighted by Gasteiger charge is 2.10. The topological polar surface area (TPSA) is 56.0 Å². The van der Waals surface area contributed by atoms with Crippen LogP contribution in [0.25, 0.3) is 11.4 Å². The van der Waals surface area contributed by atoms with Crippen molar-refractivity contribution in [2.24, 2.45) is 0 Å². The Bertz CT molecular complexity index is 511. The molecule has 0 aliphatic heterocycles. The lowest BCUT2D eigenvalue weighted by molar-refractivity contribution is 0.108. The van der Waals surface area contributed by atoms with Crippen LogP contribution in [0.15, 0.2) is 22.7 Å². The van der Waals surface area contributed by atoms with Crippen molar-refractivity contribution in [3.63, 3.8) is 0 Å². The van der Waals surface area contributed by atoms with Crippen LogP contribution in [0, 0.1) is 11.6 Å². The molecule has 0 bridgehead atoms. The van der Waals surface area contributed by atoms with E-state index in [4.69, 9.17) is 0 Å². The molecule has 0 N–H and O–H groups in total. The Morgan fingerprint density at radius 1 is 1.27 bits per heavy atom. The number of halogens is 2. The summed E-state index contributed by atoms with van der Waals surface area (Å²) in [5.41, 5.74) is 0.241. The lowest BCUT2D eigenvalue weighted by atomic mass is 10.2. The SMILES string of the molecule is O=Cc1nc(-c2ccc(F)c(F)c2)no1. The molecule has 0 saturated heterocycles. The van der Waals surface area contributed by atoms with Crippen LogP contribution in [0.3, 0.4) is 0 Å². The monoisotopic (exact) mass is 210 g/mol. The zero-order valence-electron chi connectivity index (χ0n) is 7.28. The number of benzene rings is 1. The van der Waals surface area contributed by atoms with E-state index in [9.17, 15) is 13.6 Å². The number of carbonyl (C=O) groups is 1. The molecule has 0 radical (unpaired) electrons. The first-order chi connectivity index (χ1) is 7.20. The largest absolute Gasteiger partial charge is 0.331 e. The van der Waals surface area contributed by atoms with E-state index >= 15 is 0 Å². The third-order valence-electron chi connectivity index (χ3n) is 1.72. The predicted molar refractivity (Wildman–Crippen MR) is 45.0 cm³/mol. The summed E-state index contributed by atoms with van der Waals surface area (Å²) in [5.74, 6) is -2.14. The Labute approximate surface area is 82.5 Å². The van der Waals surface area contributed by atoms with E-state index in [1.807, 2.05) is 0 Å². The highest BCUT2D eigenvalue weighted by molar-refractivity contribution is 5.68. The zero-order chi connectivity index (χ0) is 10.8. The van der Waals surface area contributed by atoms with Crippen LogP contribution in [-0.4, -0.2) is 16.4 Å². The predicted octanol–water partition coefficient (Wildman–Crippen LogP) is 1.83. The van der Waals surface area contributed by atoms with Gasteiger partial charge >= 0.3 is 0 Å². The summed E-state index contributed by atoms with van der Waals surface area (Å²) in [6, 6.07) is 3.16. The van der Waals surface area contributed by atoms with E-state index in [0.29, 0.717) is 6.29 Å². The summed E-state index contributed by atoms with van der Waals surface area (Å²) in [6.45, 7) is 0. The number of carbonyl (C=O) groups excluding carboxylic acids is 1. The van der Waals surface area contributed by atoms with Crippen molar-refractivity contribution < 1.29 is 18.1 Å². The van der Waals surface area contributed by atoms with Gasteiger partial charge in [-0.25, -0.2) is 8.78 Å². The summed E-state index contributed by atoms with van der Waals surface area (Å²) in [7, 11) is 0. The van der Waals surface area contributed by atoms with Crippen molar-refractivity contribution in [3.05, 3.63) is 35.7 Å². The van der Waals surface area contributed by atoms with Crippen LogP contribution in [0.2, 0.25) is 0 Å². The van der Waals surface area contributed by atoms with Crippen molar-refractivity contribution >= 4 is 6.29 Å². The van der Waals surface area contributed by atoms with Crippen LogP contribution >= 0.6 is 0 Å². The maximum absolute atomic E-state index is 12.8. The fourth-order valence-corrected chi connectivity index (χ4v) is 1.04. The molecule has 0 saturated carbocycles. The molecule has 0 atom stereocenters. The number of hydrogen-bond acceptors (Lipinski definition) is 4. The van der Waals surface area contributed by atoms with Gasteiger partial charge in [-0.2, -0.15) is 4.98 Å². The van der Waals surface area contributed by atoms with Gasteiger partial charge in [-0.3, -0.25) is 4.79 Å². The molecule has 76 valence electrons. The molecule has 4 nitrogen and oxygen atoms in total. The molecule has 0 unspecified atom stereocenters. The first-order valence-corrected chi connectivity index (χ1v) is 3.95. The molecular weight excluding hydrogens is 206 g/mol. The molecule has 2 aromatic rings. The molecule has 0 amide bonds. The lowest BCUT2D eigenvalue weighted by Gasteiger charge is -1.94. The van der Waals surface area contributed by atoms with Gasteiger partial charge in [0.05, 0.1) is 0 Å². The third-order valence-corrected chi connectivity index (χ3v) is 1.72. The molecule has 0 aliphatic rings. The quantitative estimate of drug-likeness (QED) is 0.709. The second kappa shape index (κ2) is 3.56. The van der Waals surface area contributed by atoms with Crippen molar-refractivity contribution in [1.82, 2.24) is 10.1 Å². The van der Waals surface area contributed by atoms with Gasteiger partial charge < -0.3 is 4.52 Å². The molecule has 2 rings (SSSR count). The van der Waals surface area contributed by atoms with E-state index in [0.717, 1.165) is 12.1 Å². The van der Waals surface area contributed by atoms with Gasteiger partial charge in [-0.1, -0.05) is 5.16 Å². The molecule has 1 heterocycles. The second-order valence-corrected chi connectivity index (χ2v) is 2.70. The molecular formula is C9H4F2N2O2. The minimum atomic E-state index is -1.01. The van der Waals surface area contributed by atoms with Gasteiger partial charge in [0.15, 0.2) is 11.6 Å². The Morgan fingerprint density at radius 3 is 2.67 bits per heavy atom. The summed E-state index contributed by atoms with van der Waals surface area (Å²) in [6.07, 6.45) is 0.371.